The van der Waals surface area contributed by atoms with Gasteiger partial charge in [0, 0.05) is 18.7 Å². The molecular formula is C14H18FN3O3S. The van der Waals surface area contributed by atoms with E-state index in [0.717, 1.165) is 29.4 Å². The van der Waals surface area contributed by atoms with Gasteiger partial charge in [-0.3, -0.25) is 18.7 Å². The number of hydrogen-bond acceptors (Lipinski definition) is 4. The summed E-state index contributed by atoms with van der Waals surface area (Å²) >= 11 is -1.86. The molecule has 0 saturated carbocycles. The van der Waals surface area contributed by atoms with Crippen LogP contribution in [0.3, 0.4) is 0 Å². The van der Waals surface area contributed by atoms with E-state index in [-0.39, 0.29) is 18.0 Å². The quantitative estimate of drug-likeness (QED) is 0.862. The zero-order valence-electron chi connectivity index (χ0n) is 12.3. The minimum Gasteiger partial charge on any atom is -0.506 e. The lowest BCUT2D eigenvalue weighted by atomic mass is 9.97. The van der Waals surface area contributed by atoms with Gasteiger partial charge in [0.25, 0.3) is 5.91 Å². The molecule has 0 radical (unpaired) electrons. The fourth-order valence-corrected chi connectivity index (χ4v) is 3.92. The monoisotopic (exact) mass is 327 g/mol. The van der Waals surface area contributed by atoms with E-state index in [9.17, 15) is 18.5 Å². The number of nitrogens with zero attached hydrogens (tertiary/aromatic N) is 2. The predicted octanol–water partition coefficient (Wildman–Crippen LogP) is 0.814. The summed E-state index contributed by atoms with van der Waals surface area (Å²) in [5.41, 5.74) is 1.13. The summed E-state index contributed by atoms with van der Waals surface area (Å²) in [6, 6.07) is 1.52. The van der Waals surface area contributed by atoms with E-state index < -0.39 is 22.9 Å². The van der Waals surface area contributed by atoms with Crippen LogP contribution in [0.5, 0.6) is 5.75 Å². The van der Waals surface area contributed by atoms with Crippen molar-refractivity contribution < 1.29 is 18.5 Å². The van der Waals surface area contributed by atoms with Crippen LogP contribution in [0.4, 0.5) is 10.1 Å². The van der Waals surface area contributed by atoms with Crippen LogP contribution in [0, 0.1) is 5.82 Å². The van der Waals surface area contributed by atoms with Gasteiger partial charge >= 0.3 is 0 Å². The first kappa shape index (κ1) is 15.2. The molecule has 2 N–H and O–H groups in total. The molecule has 0 aromatic heterocycles. The third kappa shape index (κ3) is 2.56. The van der Waals surface area contributed by atoms with Crippen molar-refractivity contribution in [2.75, 3.05) is 23.9 Å². The van der Waals surface area contributed by atoms with Crippen LogP contribution in [0.1, 0.15) is 24.5 Å². The molecule has 3 rings (SSSR count). The highest BCUT2D eigenvalue weighted by Gasteiger charge is 2.34. The van der Waals surface area contributed by atoms with Gasteiger partial charge in [-0.2, -0.15) is 0 Å². The van der Waals surface area contributed by atoms with Gasteiger partial charge in [0.05, 0.1) is 0 Å². The second-order valence-electron chi connectivity index (χ2n) is 5.53. The predicted molar refractivity (Wildman–Crippen MR) is 81.0 cm³/mol. The maximum Gasteiger partial charge on any atom is 0.253 e. The van der Waals surface area contributed by atoms with E-state index in [2.05, 4.69) is 16.5 Å². The Morgan fingerprint density at radius 2 is 2.23 bits per heavy atom. The maximum atomic E-state index is 14.9. The van der Waals surface area contributed by atoms with E-state index in [1.807, 2.05) is 0 Å². The summed E-state index contributed by atoms with van der Waals surface area (Å²) in [4.78, 5) is 13.5. The molecule has 1 saturated heterocycles. The lowest BCUT2D eigenvalue weighted by Crippen LogP contribution is -2.32. The number of halogens is 1. The highest BCUT2D eigenvalue weighted by atomic mass is 32.2. The lowest BCUT2D eigenvalue weighted by Gasteiger charge is -2.30. The molecule has 1 aromatic carbocycles. The summed E-state index contributed by atoms with van der Waals surface area (Å²) in [5, 5.41) is 10.1. The molecule has 1 fully saturated rings. The van der Waals surface area contributed by atoms with Crippen LogP contribution >= 0.6 is 0 Å². The molecule has 120 valence electrons. The SMILES string of the molecule is CCCN1CCc2cc(O)c(N3CC(=O)NS3=O)c(F)c2C1. The average Bonchev–Trinajstić information content (AvgIpc) is 2.79. The van der Waals surface area contributed by atoms with Gasteiger partial charge in [-0.05, 0) is 31.0 Å². The zero-order valence-corrected chi connectivity index (χ0v) is 13.1. The van der Waals surface area contributed by atoms with Crippen LogP contribution < -0.4 is 9.03 Å². The van der Waals surface area contributed by atoms with Gasteiger partial charge < -0.3 is 5.11 Å². The number of aromatic hydroxyl groups is 1. The van der Waals surface area contributed by atoms with Crippen molar-refractivity contribution in [2.24, 2.45) is 0 Å². The number of amides is 1. The van der Waals surface area contributed by atoms with Gasteiger partial charge in [0.15, 0.2) is 5.82 Å². The Bertz CT molecular complexity index is 653. The molecule has 1 aromatic rings. The highest BCUT2D eigenvalue weighted by molar-refractivity contribution is 7.85. The van der Waals surface area contributed by atoms with Gasteiger partial charge in [-0.25, -0.2) is 8.60 Å². The van der Waals surface area contributed by atoms with E-state index in [4.69, 9.17) is 0 Å². The summed E-state index contributed by atoms with van der Waals surface area (Å²) < 4.78 is 30.0. The van der Waals surface area contributed by atoms with E-state index >= 15 is 0 Å². The largest absolute Gasteiger partial charge is 0.506 e. The maximum absolute atomic E-state index is 14.9. The van der Waals surface area contributed by atoms with E-state index in [1.165, 1.54) is 6.07 Å². The van der Waals surface area contributed by atoms with Crippen molar-refractivity contribution in [3.63, 3.8) is 0 Å². The Kier molecular flexibility index (Phi) is 4.05. The molecule has 0 bridgehead atoms. The number of phenolic OH excluding ortho intramolecular Hbond substituents is 1. The first-order chi connectivity index (χ1) is 10.5. The summed E-state index contributed by atoms with van der Waals surface area (Å²) in [6.07, 6.45) is 1.65. The number of fused-ring (bicyclic) bond motifs is 1. The molecule has 22 heavy (non-hydrogen) atoms. The van der Waals surface area contributed by atoms with Crippen LogP contribution in [0.15, 0.2) is 6.07 Å². The number of rotatable bonds is 3. The number of carbonyl (C=O) groups is 1. The fourth-order valence-electron chi connectivity index (χ4n) is 2.97. The van der Waals surface area contributed by atoms with Crippen molar-refractivity contribution in [1.82, 2.24) is 9.62 Å². The van der Waals surface area contributed by atoms with Gasteiger partial charge in [-0.1, -0.05) is 6.92 Å². The molecule has 1 amide bonds. The zero-order chi connectivity index (χ0) is 15.9. The molecule has 2 aliphatic rings. The van der Waals surface area contributed by atoms with Gasteiger partial charge in [0.2, 0.25) is 11.2 Å². The average molecular weight is 327 g/mol. The molecule has 1 unspecified atom stereocenters. The first-order valence-electron chi connectivity index (χ1n) is 7.25. The smallest absolute Gasteiger partial charge is 0.253 e. The Balaban J connectivity index is 2.01. The third-order valence-electron chi connectivity index (χ3n) is 3.97. The van der Waals surface area contributed by atoms with E-state index in [0.29, 0.717) is 18.5 Å². The standard InChI is InChI=1S/C14H18FN3O3S/c1-2-4-17-5-3-9-6-11(19)14(13(15)10(9)7-17)18-8-12(20)16-22(18)21/h6,19H,2-5,7-8H2,1H3,(H,16,20). The lowest BCUT2D eigenvalue weighted by molar-refractivity contribution is -0.117. The molecule has 8 heteroatoms. The number of hydrogen-bond donors (Lipinski definition) is 2. The Hall–Kier alpha value is -1.67. The Morgan fingerprint density at radius 1 is 1.45 bits per heavy atom. The van der Waals surface area contributed by atoms with Crippen LogP contribution in [-0.2, 0) is 28.9 Å². The number of anilines is 1. The van der Waals surface area contributed by atoms with Crippen LogP contribution in [0.25, 0.3) is 0 Å². The van der Waals surface area contributed by atoms with Crippen molar-refractivity contribution in [2.45, 2.75) is 26.3 Å². The first-order valence-corrected chi connectivity index (χ1v) is 8.36. The van der Waals surface area contributed by atoms with Gasteiger partial charge in [0.1, 0.15) is 18.0 Å². The highest BCUT2D eigenvalue weighted by Crippen LogP contribution is 2.38. The molecule has 2 heterocycles. The summed E-state index contributed by atoms with van der Waals surface area (Å²) in [6.45, 7) is 4.01. The Morgan fingerprint density at radius 3 is 2.86 bits per heavy atom. The number of benzene rings is 1. The number of phenols is 1. The fraction of sp³-hybridized carbons (Fsp3) is 0.500. The number of nitrogens with one attached hydrogen (secondary N) is 1. The topological polar surface area (TPSA) is 72.9 Å². The van der Waals surface area contributed by atoms with Crippen LogP contribution in [0.2, 0.25) is 0 Å². The van der Waals surface area contributed by atoms with Crippen molar-refractivity contribution in [3.8, 4) is 5.75 Å². The van der Waals surface area contributed by atoms with Crippen LogP contribution in [-0.4, -0.2) is 39.8 Å². The minimum absolute atomic E-state index is 0.159. The molecule has 6 nitrogen and oxygen atoms in total. The van der Waals surface area contributed by atoms with Crippen molar-refractivity contribution in [1.29, 1.82) is 0 Å². The molecular weight excluding hydrogens is 309 g/mol. The second kappa shape index (κ2) is 5.85. The number of carbonyl (C=O) groups excluding carboxylic acids is 1. The summed E-state index contributed by atoms with van der Waals surface area (Å²) in [5.74, 6) is -1.31. The van der Waals surface area contributed by atoms with Crippen molar-refractivity contribution >= 4 is 22.8 Å². The molecule has 2 aliphatic heterocycles. The molecule has 0 aliphatic carbocycles. The Labute approximate surface area is 130 Å². The van der Waals surface area contributed by atoms with Gasteiger partial charge in [-0.15, -0.1) is 0 Å². The second-order valence-corrected chi connectivity index (χ2v) is 6.68. The molecule has 1 atom stereocenters. The molecule has 0 spiro atoms. The minimum atomic E-state index is -1.86. The van der Waals surface area contributed by atoms with Crippen molar-refractivity contribution in [3.05, 3.63) is 23.0 Å². The normalized spacial score (nSPS) is 21.8. The third-order valence-corrected chi connectivity index (χ3v) is 5.09. The summed E-state index contributed by atoms with van der Waals surface area (Å²) in [7, 11) is 0. The van der Waals surface area contributed by atoms with E-state index in [1.54, 1.807) is 0 Å².